The van der Waals surface area contributed by atoms with Gasteiger partial charge in [-0.25, -0.2) is 9.59 Å². The summed E-state index contributed by atoms with van der Waals surface area (Å²) in [4.78, 5) is 23.2. The molecule has 0 saturated carbocycles. The number of carbonyl (C=O) groups excluding carboxylic acids is 1. The van der Waals surface area contributed by atoms with E-state index in [-0.39, 0.29) is 5.75 Å². The molecule has 0 fully saturated rings. The second kappa shape index (κ2) is 11.9. The summed E-state index contributed by atoms with van der Waals surface area (Å²) in [6.07, 6.45) is 0.869. The van der Waals surface area contributed by atoms with Gasteiger partial charge in [-0.1, -0.05) is 6.08 Å². The van der Waals surface area contributed by atoms with Crippen LogP contribution in [0, 0.1) is 14.9 Å². The van der Waals surface area contributed by atoms with E-state index in [1.54, 1.807) is 36.4 Å². The predicted molar refractivity (Wildman–Crippen MR) is 122 cm³/mol. The fraction of sp³-hybridized carbons (Fsp3) is 0.227. The van der Waals surface area contributed by atoms with Crippen molar-refractivity contribution in [1.82, 2.24) is 0 Å². The number of allylic oxidation sites excluding steroid dienone is 1. The van der Waals surface area contributed by atoms with E-state index >= 15 is 0 Å². The number of rotatable bonds is 9. The van der Waals surface area contributed by atoms with Crippen LogP contribution in [0.3, 0.4) is 0 Å². The minimum Gasteiger partial charge on any atom is -0.508 e. The number of carboxylic acid groups (broad SMARTS) is 1. The van der Waals surface area contributed by atoms with Gasteiger partial charge in [0.15, 0.2) is 6.10 Å². The lowest BCUT2D eigenvalue weighted by Gasteiger charge is -2.27. The first-order chi connectivity index (χ1) is 14.8. The van der Waals surface area contributed by atoms with Gasteiger partial charge in [0.2, 0.25) is 0 Å². The summed E-state index contributed by atoms with van der Waals surface area (Å²) < 4.78 is 12.0. The minimum absolute atomic E-state index is 0.0558. The SMILES string of the molecule is CO[C@H](CC/C=C/C(=O)O)[C@H](OC(=O)Nc1ccc(C#N)cc1)c1cc(I)ccc1O. The quantitative estimate of drug-likeness (QED) is 0.316. The van der Waals surface area contributed by atoms with Crippen LogP contribution >= 0.6 is 22.6 Å². The van der Waals surface area contributed by atoms with Crippen molar-refractivity contribution < 1.29 is 29.3 Å². The molecule has 2 aromatic carbocycles. The molecule has 2 atom stereocenters. The molecule has 162 valence electrons. The molecule has 31 heavy (non-hydrogen) atoms. The van der Waals surface area contributed by atoms with Crippen LogP contribution in [0.5, 0.6) is 5.75 Å². The number of hydrogen-bond donors (Lipinski definition) is 3. The average Bonchev–Trinajstić information content (AvgIpc) is 2.74. The molecule has 0 aliphatic heterocycles. The number of nitrogens with one attached hydrogen (secondary N) is 1. The number of nitrogens with zero attached hydrogens (tertiary/aromatic N) is 1. The zero-order valence-corrected chi connectivity index (χ0v) is 18.8. The summed E-state index contributed by atoms with van der Waals surface area (Å²) in [7, 11) is 1.45. The Balaban J connectivity index is 2.23. The summed E-state index contributed by atoms with van der Waals surface area (Å²) in [5.74, 6) is -1.11. The van der Waals surface area contributed by atoms with Crippen LogP contribution in [-0.2, 0) is 14.3 Å². The van der Waals surface area contributed by atoms with Gasteiger partial charge in [0, 0.05) is 28.0 Å². The Morgan fingerprint density at radius 1 is 1.26 bits per heavy atom. The van der Waals surface area contributed by atoms with Crippen LogP contribution in [-0.4, -0.2) is 35.5 Å². The number of phenolic OH excluding ortho intramolecular Hbond substituents is 1. The Morgan fingerprint density at radius 2 is 1.97 bits per heavy atom. The van der Waals surface area contributed by atoms with Crippen molar-refractivity contribution in [3.8, 4) is 11.8 Å². The summed E-state index contributed by atoms with van der Waals surface area (Å²) in [6.45, 7) is 0. The number of aliphatic carboxylic acids is 1. The monoisotopic (exact) mass is 536 g/mol. The highest BCUT2D eigenvalue weighted by Gasteiger charge is 2.29. The van der Waals surface area contributed by atoms with Gasteiger partial charge in [0.1, 0.15) is 5.75 Å². The van der Waals surface area contributed by atoms with Gasteiger partial charge in [-0.15, -0.1) is 0 Å². The number of phenols is 1. The first-order valence-electron chi connectivity index (χ1n) is 9.22. The summed E-state index contributed by atoms with van der Waals surface area (Å²) >= 11 is 2.08. The van der Waals surface area contributed by atoms with Gasteiger partial charge in [0.05, 0.1) is 17.7 Å². The first kappa shape index (κ1) is 24.2. The van der Waals surface area contributed by atoms with Crippen molar-refractivity contribution in [3.05, 3.63) is 69.3 Å². The maximum absolute atomic E-state index is 12.6. The number of anilines is 1. The third kappa shape index (κ3) is 7.58. The van der Waals surface area contributed by atoms with E-state index in [0.717, 1.165) is 9.65 Å². The van der Waals surface area contributed by atoms with E-state index in [1.165, 1.54) is 19.3 Å². The van der Waals surface area contributed by atoms with Crippen LogP contribution in [0.15, 0.2) is 54.6 Å². The number of carbonyl (C=O) groups is 2. The molecule has 0 aromatic heterocycles. The smallest absolute Gasteiger partial charge is 0.412 e. The van der Waals surface area contributed by atoms with Gasteiger partial charge in [0.25, 0.3) is 0 Å². The van der Waals surface area contributed by atoms with Crippen LogP contribution in [0.25, 0.3) is 0 Å². The number of nitriles is 1. The lowest BCUT2D eigenvalue weighted by Crippen LogP contribution is -2.28. The van der Waals surface area contributed by atoms with E-state index in [1.807, 2.05) is 6.07 Å². The first-order valence-corrected chi connectivity index (χ1v) is 10.3. The Hall–Kier alpha value is -3.10. The van der Waals surface area contributed by atoms with Crippen molar-refractivity contribution >= 4 is 40.3 Å². The Morgan fingerprint density at radius 3 is 2.58 bits per heavy atom. The second-order valence-corrected chi connectivity index (χ2v) is 7.68. The van der Waals surface area contributed by atoms with E-state index < -0.39 is 24.3 Å². The summed E-state index contributed by atoms with van der Waals surface area (Å²) in [6, 6.07) is 13.2. The van der Waals surface area contributed by atoms with Crippen molar-refractivity contribution in [2.24, 2.45) is 0 Å². The minimum atomic E-state index is -1.06. The van der Waals surface area contributed by atoms with Crippen molar-refractivity contribution in [1.29, 1.82) is 5.26 Å². The average molecular weight is 536 g/mol. The third-order valence-corrected chi connectivity index (χ3v) is 4.98. The molecular formula is C22H21IN2O6. The van der Waals surface area contributed by atoms with Crippen LogP contribution in [0.2, 0.25) is 0 Å². The zero-order chi connectivity index (χ0) is 22.8. The lowest BCUT2D eigenvalue weighted by atomic mass is 9.99. The molecule has 0 saturated heterocycles. The number of ether oxygens (including phenoxy) is 2. The lowest BCUT2D eigenvalue weighted by molar-refractivity contribution is -0.131. The molecule has 2 aromatic rings. The molecule has 0 bridgehead atoms. The maximum atomic E-state index is 12.6. The van der Waals surface area contributed by atoms with E-state index in [2.05, 4.69) is 27.9 Å². The highest BCUT2D eigenvalue weighted by Crippen LogP contribution is 2.34. The number of aromatic hydroxyl groups is 1. The van der Waals surface area contributed by atoms with Crippen molar-refractivity contribution in [3.63, 3.8) is 0 Å². The molecular weight excluding hydrogens is 515 g/mol. The maximum Gasteiger partial charge on any atom is 0.412 e. The normalized spacial score (nSPS) is 12.7. The highest BCUT2D eigenvalue weighted by molar-refractivity contribution is 14.1. The molecule has 0 radical (unpaired) electrons. The van der Waals surface area contributed by atoms with E-state index in [9.17, 15) is 14.7 Å². The van der Waals surface area contributed by atoms with Gasteiger partial charge in [-0.05, 0) is 77.9 Å². The molecule has 2 rings (SSSR count). The van der Waals surface area contributed by atoms with Gasteiger partial charge in [-0.3, -0.25) is 5.32 Å². The standard InChI is InChI=1S/C22H21IN2O6/c1-30-19(4-2-3-5-20(27)28)21(17-12-15(23)8-11-18(17)26)31-22(29)25-16-9-6-14(13-24)7-10-16/h3,5-12,19,21,26H,2,4H2,1H3,(H,25,29)(H,27,28)/b5-3+/t19-,21-/m1/s1. The number of halogens is 1. The number of benzene rings is 2. The molecule has 0 heterocycles. The van der Waals surface area contributed by atoms with Crippen LogP contribution in [0.4, 0.5) is 10.5 Å². The second-order valence-electron chi connectivity index (χ2n) is 6.44. The molecule has 0 spiro atoms. The van der Waals surface area contributed by atoms with Gasteiger partial charge < -0.3 is 19.7 Å². The number of amides is 1. The van der Waals surface area contributed by atoms with Crippen molar-refractivity contribution in [2.75, 3.05) is 12.4 Å². The summed E-state index contributed by atoms with van der Waals surface area (Å²) in [5.41, 5.74) is 1.26. The van der Waals surface area contributed by atoms with Crippen LogP contribution < -0.4 is 5.32 Å². The Bertz CT molecular complexity index is 984. The Labute approximate surface area is 193 Å². The van der Waals surface area contributed by atoms with E-state index in [0.29, 0.717) is 29.7 Å². The summed E-state index contributed by atoms with van der Waals surface area (Å²) in [5, 5.41) is 30.6. The van der Waals surface area contributed by atoms with Crippen LogP contribution in [0.1, 0.15) is 30.1 Å². The molecule has 0 unspecified atom stereocenters. The molecule has 8 nitrogen and oxygen atoms in total. The molecule has 0 aliphatic rings. The van der Waals surface area contributed by atoms with Gasteiger partial charge in [-0.2, -0.15) is 5.26 Å². The number of methoxy groups -OCH3 is 1. The fourth-order valence-corrected chi connectivity index (χ4v) is 3.34. The highest BCUT2D eigenvalue weighted by atomic mass is 127. The topological polar surface area (TPSA) is 129 Å². The number of carboxylic acids is 1. The fourth-order valence-electron chi connectivity index (χ4n) is 2.82. The molecule has 3 N–H and O–H groups in total. The zero-order valence-electron chi connectivity index (χ0n) is 16.6. The molecule has 1 amide bonds. The third-order valence-electron chi connectivity index (χ3n) is 4.31. The largest absolute Gasteiger partial charge is 0.508 e. The molecule has 9 heteroatoms. The van der Waals surface area contributed by atoms with Gasteiger partial charge >= 0.3 is 12.1 Å². The Kier molecular flexibility index (Phi) is 9.30. The molecule has 0 aliphatic carbocycles. The van der Waals surface area contributed by atoms with Crippen molar-refractivity contribution in [2.45, 2.75) is 25.0 Å². The predicted octanol–water partition coefficient (Wildman–Crippen LogP) is 4.59. The van der Waals surface area contributed by atoms with E-state index in [4.69, 9.17) is 19.8 Å². The number of hydrogen-bond acceptors (Lipinski definition) is 6.